The number of ether oxygens (including phenoxy) is 1. The number of carbonyl (C=O) groups is 2. The number of aliphatic hydroxyl groups is 1. The monoisotopic (exact) mass is 659 g/mol. The van der Waals surface area contributed by atoms with Gasteiger partial charge in [-0.2, -0.15) is 0 Å². The predicted octanol–water partition coefficient (Wildman–Crippen LogP) is 8.34. The first-order valence-electron chi connectivity index (χ1n) is 13.4. The molecule has 1 N–H and O–H groups in total. The summed E-state index contributed by atoms with van der Waals surface area (Å²) in [7, 11) is 0. The summed E-state index contributed by atoms with van der Waals surface area (Å²) < 4.78 is 6.54. The Labute approximate surface area is 271 Å². The summed E-state index contributed by atoms with van der Waals surface area (Å²) in [4.78, 5) is 28.4. The van der Waals surface area contributed by atoms with Crippen LogP contribution in [0.15, 0.2) is 113 Å². The van der Waals surface area contributed by atoms with Crippen molar-refractivity contribution in [3.63, 3.8) is 0 Å². The van der Waals surface area contributed by atoms with Crippen molar-refractivity contribution < 1.29 is 19.4 Å². The van der Waals surface area contributed by atoms with Gasteiger partial charge in [-0.15, -0.1) is 10.2 Å². The zero-order chi connectivity index (χ0) is 30.6. The van der Waals surface area contributed by atoms with E-state index in [-0.39, 0.29) is 16.5 Å². The van der Waals surface area contributed by atoms with Crippen LogP contribution in [0.1, 0.15) is 28.3 Å². The highest BCUT2D eigenvalue weighted by Crippen LogP contribution is 2.44. The molecule has 1 fully saturated rings. The van der Waals surface area contributed by atoms with Crippen LogP contribution in [0.4, 0.5) is 5.13 Å². The molecule has 0 radical (unpaired) electrons. The van der Waals surface area contributed by atoms with Gasteiger partial charge in [-0.05, 0) is 59.2 Å². The number of hydrogen-bond acceptors (Lipinski definition) is 8. The largest absolute Gasteiger partial charge is 0.507 e. The minimum atomic E-state index is -0.955. The number of nitrogens with zero attached hydrogens (tertiary/aromatic N) is 3. The van der Waals surface area contributed by atoms with Gasteiger partial charge in [0.25, 0.3) is 5.78 Å². The number of aromatic nitrogens is 2. The quantitative estimate of drug-likeness (QED) is 0.0559. The van der Waals surface area contributed by atoms with E-state index >= 15 is 0 Å². The van der Waals surface area contributed by atoms with Gasteiger partial charge in [0.2, 0.25) is 5.13 Å². The van der Waals surface area contributed by atoms with Crippen LogP contribution in [0.25, 0.3) is 5.76 Å². The van der Waals surface area contributed by atoms with Crippen molar-refractivity contribution in [3.8, 4) is 5.75 Å². The highest BCUT2D eigenvalue weighted by molar-refractivity contribution is 8.00. The van der Waals surface area contributed by atoms with Crippen molar-refractivity contribution in [2.24, 2.45) is 0 Å². The van der Waals surface area contributed by atoms with Crippen LogP contribution in [-0.4, -0.2) is 27.0 Å². The molecule has 44 heavy (non-hydrogen) atoms. The Balaban J connectivity index is 1.34. The highest BCUT2D eigenvalue weighted by atomic mass is 35.5. The smallest absolute Gasteiger partial charge is 0.301 e. The van der Waals surface area contributed by atoms with Crippen molar-refractivity contribution >= 4 is 68.9 Å². The van der Waals surface area contributed by atoms with Crippen LogP contribution in [0, 0.1) is 0 Å². The third-order valence-corrected chi connectivity index (χ3v) is 9.64. The molecule has 0 spiro atoms. The van der Waals surface area contributed by atoms with E-state index in [0.29, 0.717) is 43.6 Å². The molecule has 1 amide bonds. The van der Waals surface area contributed by atoms with Gasteiger partial charge in [0, 0.05) is 21.4 Å². The van der Waals surface area contributed by atoms with Gasteiger partial charge in [0.05, 0.1) is 11.6 Å². The first-order chi connectivity index (χ1) is 21.4. The molecule has 1 saturated heterocycles. The second kappa shape index (κ2) is 13.2. The van der Waals surface area contributed by atoms with Crippen molar-refractivity contribution in [1.82, 2.24) is 10.2 Å². The Morgan fingerprint density at radius 1 is 0.886 bits per heavy atom. The van der Waals surface area contributed by atoms with Gasteiger partial charge in [0.15, 0.2) is 4.34 Å². The van der Waals surface area contributed by atoms with E-state index in [4.69, 9.17) is 27.9 Å². The lowest BCUT2D eigenvalue weighted by Crippen LogP contribution is -2.29. The molecule has 0 saturated carbocycles. The minimum absolute atomic E-state index is 0.0595. The van der Waals surface area contributed by atoms with Gasteiger partial charge in [-0.25, -0.2) is 0 Å². The number of ketones is 1. The molecule has 0 bridgehead atoms. The number of anilines is 1. The van der Waals surface area contributed by atoms with Crippen molar-refractivity contribution in [1.29, 1.82) is 0 Å². The summed E-state index contributed by atoms with van der Waals surface area (Å²) >= 11 is 15.0. The lowest BCUT2D eigenvalue weighted by atomic mass is 9.95. The number of halogens is 2. The Hall–Kier alpha value is -4.15. The molecule has 6 rings (SSSR count). The number of hydrogen-bond donors (Lipinski definition) is 1. The van der Waals surface area contributed by atoms with E-state index in [9.17, 15) is 14.7 Å². The van der Waals surface area contributed by atoms with Gasteiger partial charge in [-0.1, -0.05) is 107 Å². The number of aliphatic hydroxyl groups excluding tert-OH is 1. The molecule has 1 unspecified atom stereocenters. The van der Waals surface area contributed by atoms with E-state index in [2.05, 4.69) is 10.2 Å². The van der Waals surface area contributed by atoms with E-state index < -0.39 is 17.7 Å². The zero-order valence-electron chi connectivity index (χ0n) is 22.9. The summed E-state index contributed by atoms with van der Waals surface area (Å²) in [6, 6.07) is 29.8. The molecule has 4 aromatic carbocycles. The topological polar surface area (TPSA) is 92.6 Å². The SMILES string of the molecule is O=C1C(=O)N(c2nnc(SCc3ccccc3Cl)s2)C(c2ccc(OCc3ccccc3)cc2)/C1=C(/O)c1ccc(Cl)cc1. The molecular formula is C33H23Cl2N3O4S2. The average molecular weight is 661 g/mol. The molecule has 1 atom stereocenters. The molecule has 0 aliphatic carbocycles. The molecule has 1 aliphatic heterocycles. The van der Waals surface area contributed by atoms with Crippen LogP contribution >= 0.6 is 46.3 Å². The maximum Gasteiger partial charge on any atom is 0.301 e. The molecular weight excluding hydrogens is 637 g/mol. The number of Topliss-reactive ketones (excluding diaryl/α,β-unsaturated/α-hetero) is 1. The third-order valence-electron chi connectivity index (χ3n) is 6.92. The van der Waals surface area contributed by atoms with E-state index in [0.717, 1.165) is 11.1 Å². The molecule has 220 valence electrons. The summed E-state index contributed by atoms with van der Waals surface area (Å²) in [5.74, 6) is -0.783. The fourth-order valence-corrected chi connectivity index (χ4v) is 6.99. The Kier molecular flexibility index (Phi) is 8.99. The number of benzene rings is 4. The first kappa shape index (κ1) is 29.9. The van der Waals surface area contributed by atoms with E-state index in [1.54, 1.807) is 48.5 Å². The van der Waals surface area contributed by atoms with Crippen molar-refractivity contribution in [2.45, 2.75) is 22.7 Å². The fourth-order valence-electron chi connectivity index (χ4n) is 4.71. The maximum atomic E-state index is 13.5. The molecule has 11 heteroatoms. The van der Waals surface area contributed by atoms with Crippen LogP contribution in [0.2, 0.25) is 10.0 Å². The minimum Gasteiger partial charge on any atom is -0.507 e. The summed E-state index contributed by atoms with van der Waals surface area (Å²) in [6.07, 6.45) is 0. The number of amides is 1. The van der Waals surface area contributed by atoms with Crippen LogP contribution in [-0.2, 0) is 21.9 Å². The number of thioether (sulfide) groups is 1. The van der Waals surface area contributed by atoms with Crippen molar-refractivity contribution in [2.75, 3.05) is 4.90 Å². The Bertz CT molecular complexity index is 1850. The molecule has 2 heterocycles. The maximum absolute atomic E-state index is 13.5. The summed E-state index contributed by atoms with van der Waals surface area (Å²) in [5.41, 5.74) is 2.85. The van der Waals surface area contributed by atoms with Gasteiger partial charge in [0.1, 0.15) is 18.1 Å². The summed E-state index contributed by atoms with van der Waals surface area (Å²) in [5, 5.41) is 21.3. The van der Waals surface area contributed by atoms with Crippen LogP contribution in [0.3, 0.4) is 0 Å². The molecule has 1 aliphatic rings. The Morgan fingerprint density at radius 2 is 1.59 bits per heavy atom. The lowest BCUT2D eigenvalue weighted by molar-refractivity contribution is -0.132. The zero-order valence-corrected chi connectivity index (χ0v) is 26.0. The Morgan fingerprint density at radius 3 is 2.32 bits per heavy atom. The third kappa shape index (κ3) is 6.37. The van der Waals surface area contributed by atoms with Gasteiger partial charge in [-0.3, -0.25) is 14.5 Å². The molecule has 7 nitrogen and oxygen atoms in total. The van der Waals surface area contributed by atoms with Crippen LogP contribution in [0.5, 0.6) is 5.75 Å². The van der Waals surface area contributed by atoms with Gasteiger partial charge < -0.3 is 9.84 Å². The second-order valence-corrected chi connectivity index (χ2v) is 12.8. The van der Waals surface area contributed by atoms with Crippen molar-refractivity contribution in [3.05, 3.63) is 141 Å². The number of carbonyl (C=O) groups excluding carboxylic acids is 2. The predicted molar refractivity (Wildman–Crippen MR) is 174 cm³/mol. The van der Waals surface area contributed by atoms with Gasteiger partial charge >= 0.3 is 5.91 Å². The summed E-state index contributed by atoms with van der Waals surface area (Å²) in [6.45, 7) is 0.384. The lowest BCUT2D eigenvalue weighted by Gasteiger charge is -2.22. The second-order valence-electron chi connectivity index (χ2n) is 9.75. The van der Waals surface area contributed by atoms with Crippen LogP contribution < -0.4 is 9.64 Å². The first-order valence-corrected chi connectivity index (χ1v) is 16.0. The molecule has 5 aromatic rings. The highest BCUT2D eigenvalue weighted by Gasteiger charge is 2.48. The van der Waals surface area contributed by atoms with E-state index in [1.165, 1.54) is 28.0 Å². The average Bonchev–Trinajstić information content (AvgIpc) is 3.62. The standard InChI is InChI=1S/C33H23Cl2N3O4S2/c34-24-14-10-22(11-15-24)29(39)27-28(21-12-16-25(17-13-21)42-18-20-6-2-1-3-7-20)38(31(41)30(27)40)32-36-37-33(44-32)43-19-23-8-4-5-9-26(23)35/h1-17,28,39H,18-19H2/b29-27-. The molecule has 1 aromatic heterocycles. The number of rotatable bonds is 9. The fraction of sp³-hybridized carbons (Fsp3) is 0.0909. The normalized spacial score (nSPS) is 16.0. The van der Waals surface area contributed by atoms with E-state index in [1.807, 2.05) is 54.6 Å².